The largest absolute Gasteiger partial charge is 0.462 e. The molecule has 0 radical (unpaired) electrons. The summed E-state index contributed by atoms with van der Waals surface area (Å²) in [6.07, 6.45) is 1.20. The number of fused-ring (bicyclic) bond motifs is 3. The monoisotopic (exact) mass is 275 g/mol. The molecule has 0 aliphatic rings. The third-order valence-electron chi connectivity index (χ3n) is 2.93. The lowest BCUT2D eigenvalue weighted by Gasteiger charge is -2.01. The molecule has 2 heterocycles. The second kappa shape index (κ2) is 4.76. The van der Waals surface area contributed by atoms with Crippen molar-refractivity contribution in [3.05, 3.63) is 30.1 Å². The fourth-order valence-electron chi connectivity index (χ4n) is 2.07. The summed E-state index contributed by atoms with van der Waals surface area (Å²) in [5, 5.41) is 0.672. The van der Waals surface area contributed by atoms with E-state index in [0.29, 0.717) is 34.1 Å². The predicted octanol–water partition coefficient (Wildman–Crippen LogP) is 2.55. The molecule has 102 valence electrons. The zero-order valence-electron chi connectivity index (χ0n) is 10.5. The number of nitrogens with zero attached hydrogens (tertiary/aromatic N) is 2. The first-order chi connectivity index (χ1) is 9.74. The van der Waals surface area contributed by atoms with Gasteiger partial charge < -0.3 is 9.72 Å². The molecule has 0 aliphatic heterocycles. The predicted molar refractivity (Wildman–Crippen MR) is 69.1 cm³/mol. The maximum absolute atomic E-state index is 12.4. The Balaban J connectivity index is 2.23. The Kier molecular flexibility index (Phi) is 2.94. The second-order valence-electron chi connectivity index (χ2n) is 4.09. The van der Waals surface area contributed by atoms with Crippen molar-refractivity contribution in [3.63, 3.8) is 0 Å². The summed E-state index contributed by atoms with van der Waals surface area (Å²) in [6, 6.07) is 4.96. The number of rotatable bonds is 3. The molecule has 0 aliphatic carbocycles. The van der Waals surface area contributed by atoms with Crippen molar-refractivity contribution in [1.82, 2.24) is 15.0 Å². The molecule has 2 aromatic heterocycles. The molecule has 1 N–H and O–H groups in total. The summed E-state index contributed by atoms with van der Waals surface area (Å²) in [6.45, 7) is 2.03. The van der Waals surface area contributed by atoms with E-state index >= 15 is 0 Å². The lowest BCUT2D eigenvalue weighted by atomic mass is 10.1. The molecular formula is C13H10FN3O3. The smallest absolute Gasteiger partial charge is 0.338 e. The minimum absolute atomic E-state index is 0.191. The molecule has 0 atom stereocenters. The maximum Gasteiger partial charge on any atom is 0.338 e. The van der Waals surface area contributed by atoms with Gasteiger partial charge in [-0.3, -0.25) is 4.94 Å². The first-order valence-electron chi connectivity index (χ1n) is 5.96. The van der Waals surface area contributed by atoms with Crippen molar-refractivity contribution in [2.45, 2.75) is 6.92 Å². The van der Waals surface area contributed by atoms with Crippen LogP contribution in [0.4, 0.5) is 4.53 Å². The SMILES string of the molecule is CCOC(=O)c1ccc2[nH]c3c(OF)ncnc3c2c1. The van der Waals surface area contributed by atoms with Crippen LogP contribution in [0.5, 0.6) is 5.88 Å². The van der Waals surface area contributed by atoms with Crippen molar-refractivity contribution in [2.75, 3.05) is 6.61 Å². The van der Waals surface area contributed by atoms with Crippen LogP contribution >= 0.6 is 0 Å². The highest BCUT2D eigenvalue weighted by atomic mass is 19.3. The number of ether oxygens (including phenoxy) is 1. The quantitative estimate of drug-likeness (QED) is 0.743. The van der Waals surface area contributed by atoms with Crippen molar-refractivity contribution in [3.8, 4) is 5.88 Å². The number of hydrogen-bond donors (Lipinski definition) is 1. The molecule has 0 saturated heterocycles. The van der Waals surface area contributed by atoms with E-state index in [4.69, 9.17) is 4.74 Å². The van der Waals surface area contributed by atoms with Gasteiger partial charge in [0, 0.05) is 15.4 Å². The van der Waals surface area contributed by atoms with Gasteiger partial charge in [-0.2, -0.15) is 4.98 Å². The Morgan fingerprint density at radius 3 is 3.00 bits per heavy atom. The van der Waals surface area contributed by atoms with Gasteiger partial charge in [-0.25, -0.2) is 9.78 Å². The van der Waals surface area contributed by atoms with E-state index in [-0.39, 0.29) is 5.88 Å². The number of hydrogen-bond acceptors (Lipinski definition) is 5. The van der Waals surface area contributed by atoms with E-state index in [2.05, 4.69) is 19.9 Å². The normalized spacial score (nSPS) is 10.9. The van der Waals surface area contributed by atoms with Crippen LogP contribution < -0.4 is 4.94 Å². The van der Waals surface area contributed by atoms with Gasteiger partial charge in [0.25, 0.3) is 5.88 Å². The summed E-state index contributed by atoms with van der Waals surface area (Å²) in [5.41, 5.74) is 1.92. The molecule has 0 unspecified atom stereocenters. The van der Waals surface area contributed by atoms with Crippen LogP contribution in [0.1, 0.15) is 17.3 Å². The Morgan fingerprint density at radius 1 is 1.40 bits per heavy atom. The molecule has 0 bridgehead atoms. The van der Waals surface area contributed by atoms with Crippen LogP contribution in [-0.2, 0) is 4.74 Å². The third kappa shape index (κ3) is 1.83. The highest BCUT2D eigenvalue weighted by Gasteiger charge is 2.14. The van der Waals surface area contributed by atoms with Gasteiger partial charge in [0.1, 0.15) is 17.4 Å². The van der Waals surface area contributed by atoms with Crippen LogP contribution in [0.2, 0.25) is 0 Å². The van der Waals surface area contributed by atoms with Crippen LogP contribution in [0.25, 0.3) is 21.9 Å². The van der Waals surface area contributed by atoms with Gasteiger partial charge in [0.05, 0.1) is 12.2 Å². The van der Waals surface area contributed by atoms with E-state index in [1.807, 2.05) is 0 Å². The molecule has 3 rings (SSSR count). The van der Waals surface area contributed by atoms with E-state index in [9.17, 15) is 9.32 Å². The molecule has 0 spiro atoms. The Morgan fingerprint density at radius 2 is 2.25 bits per heavy atom. The van der Waals surface area contributed by atoms with Gasteiger partial charge in [0.15, 0.2) is 0 Å². The molecule has 0 saturated carbocycles. The molecule has 3 aromatic rings. The van der Waals surface area contributed by atoms with Crippen LogP contribution in [0.15, 0.2) is 24.5 Å². The van der Waals surface area contributed by atoms with Gasteiger partial charge in [-0.1, -0.05) is 0 Å². The molecule has 1 aromatic carbocycles. The highest BCUT2D eigenvalue weighted by Crippen LogP contribution is 2.29. The fourth-order valence-corrected chi connectivity index (χ4v) is 2.07. The minimum atomic E-state index is -0.417. The summed E-state index contributed by atoms with van der Waals surface area (Å²) in [5.74, 6) is -0.608. The fraction of sp³-hybridized carbons (Fsp3) is 0.154. The van der Waals surface area contributed by atoms with E-state index in [1.54, 1.807) is 25.1 Å². The number of benzene rings is 1. The number of esters is 1. The van der Waals surface area contributed by atoms with Crippen molar-refractivity contribution in [1.29, 1.82) is 0 Å². The lowest BCUT2D eigenvalue weighted by Crippen LogP contribution is -2.03. The van der Waals surface area contributed by atoms with Gasteiger partial charge in [-0.05, 0) is 25.1 Å². The van der Waals surface area contributed by atoms with E-state index < -0.39 is 5.97 Å². The first-order valence-corrected chi connectivity index (χ1v) is 5.96. The third-order valence-corrected chi connectivity index (χ3v) is 2.93. The zero-order chi connectivity index (χ0) is 14.1. The standard InChI is InChI=1S/C13H10FN3O3/c1-2-19-13(18)7-3-4-9-8(5-7)10-11(17-9)12(20-14)16-6-15-10/h3-6,17H,2H2,1H3. The summed E-state index contributed by atoms with van der Waals surface area (Å²) in [7, 11) is 0. The second-order valence-corrected chi connectivity index (χ2v) is 4.09. The van der Waals surface area contributed by atoms with Crippen molar-refractivity contribution >= 4 is 27.9 Å². The summed E-state index contributed by atoms with van der Waals surface area (Å²) < 4.78 is 17.4. The molecular weight excluding hydrogens is 265 g/mol. The van der Waals surface area contributed by atoms with Crippen molar-refractivity contribution in [2.24, 2.45) is 0 Å². The number of aromatic nitrogens is 3. The van der Waals surface area contributed by atoms with Crippen LogP contribution in [-0.4, -0.2) is 27.5 Å². The molecule has 20 heavy (non-hydrogen) atoms. The number of aromatic amines is 1. The number of nitrogens with one attached hydrogen (secondary N) is 1. The number of halogens is 1. The topological polar surface area (TPSA) is 77.1 Å². The molecule has 6 nitrogen and oxygen atoms in total. The lowest BCUT2D eigenvalue weighted by molar-refractivity contribution is -0.0101. The van der Waals surface area contributed by atoms with Crippen LogP contribution in [0.3, 0.4) is 0 Å². The van der Waals surface area contributed by atoms with Crippen molar-refractivity contribution < 1.29 is 19.0 Å². The van der Waals surface area contributed by atoms with E-state index in [0.717, 1.165) is 0 Å². The summed E-state index contributed by atoms with van der Waals surface area (Å²) in [4.78, 5) is 26.1. The Bertz CT molecular complexity index is 800. The van der Waals surface area contributed by atoms with Gasteiger partial charge in [-0.15, -0.1) is 0 Å². The van der Waals surface area contributed by atoms with Gasteiger partial charge >= 0.3 is 5.97 Å². The Hall–Kier alpha value is -2.70. The molecule has 7 heteroatoms. The number of carbonyl (C=O) groups is 1. The minimum Gasteiger partial charge on any atom is -0.462 e. The Labute approximate surface area is 112 Å². The average Bonchev–Trinajstić information content (AvgIpc) is 2.85. The summed E-state index contributed by atoms with van der Waals surface area (Å²) >= 11 is 0. The zero-order valence-corrected chi connectivity index (χ0v) is 10.5. The average molecular weight is 275 g/mol. The maximum atomic E-state index is 12.4. The molecule has 0 fully saturated rings. The molecule has 0 amide bonds. The first kappa shape index (κ1) is 12.3. The van der Waals surface area contributed by atoms with Crippen LogP contribution in [0, 0.1) is 0 Å². The van der Waals surface area contributed by atoms with E-state index in [1.165, 1.54) is 6.33 Å². The van der Waals surface area contributed by atoms with Gasteiger partial charge in [0.2, 0.25) is 0 Å². The number of H-pyrrole nitrogens is 1. The number of carbonyl (C=O) groups excluding carboxylic acids is 1. The highest BCUT2D eigenvalue weighted by molar-refractivity contribution is 6.08.